The third-order valence-electron chi connectivity index (χ3n) is 7.27. The number of fused-ring (bicyclic) bond motifs is 1. The number of esters is 1. The van der Waals surface area contributed by atoms with Gasteiger partial charge in [-0.1, -0.05) is 48.5 Å². The van der Waals surface area contributed by atoms with Crippen molar-refractivity contribution in [3.63, 3.8) is 0 Å². The summed E-state index contributed by atoms with van der Waals surface area (Å²) in [5.74, 6) is -0.926. The number of amides is 2. The summed E-state index contributed by atoms with van der Waals surface area (Å²) < 4.78 is 5.52. The molecule has 1 aliphatic heterocycles. The van der Waals surface area contributed by atoms with Gasteiger partial charge in [0.2, 0.25) is 11.8 Å². The number of hydrogen-bond acceptors (Lipinski definition) is 5. The second-order valence-corrected chi connectivity index (χ2v) is 10.8. The maximum atomic E-state index is 14.1. The number of aromatic amines is 1. The molecule has 0 aliphatic carbocycles. The van der Waals surface area contributed by atoms with Crippen molar-refractivity contribution in [1.82, 2.24) is 15.2 Å². The zero-order chi connectivity index (χ0) is 27.3. The number of nitrogens with two attached hydrogens (primary N) is 1. The van der Waals surface area contributed by atoms with Gasteiger partial charge in [0.1, 0.15) is 6.04 Å². The Morgan fingerprint density at radius 1 is 1.13 bits per heavy atom. The first-order valence-corrected chi connectivity index (χ1v) is 13.3. The minimum atomic E-state index is -1.15. The molecular formula is C30H38N4O4. The van der Waals surface area contributed by atoms with Crippen LogP contribution in [0.2, 0.25) is 0 Å². The molecule has 3 aromatic rings. The maximum Gasteiger partial charge on any atom is 0.314 e. The summed E-state index contributed by atoms with van der Waals surface area (Å²) in [6.07, 6.45) is 3.94. The predicted molar refractivity (Wildman–Crippen MR) is 147 cm³/mol. The monoisotopic (exact) mass is 518 g/mol. The van der Waals surface area contributed by atoms with Crippen LogP contribution in [0.15, 0.2) is 60.8 Å². The van der Waals surface area contributed by atoms with Gasteiger partial charge in [0, 0.05) is 36.6 Å². The van der Waals surface area contributed by atoms with Crippen molar-refractivity contribution >= 4 is 28.7 Å². The number of rotatable bonds is 9. The van der Waals surface area contributed by atoms with Crippen molar-refractivity contribution in [3.05, 3.63) is 71.9 Å². The fourth-order valence-electron chi connectivity index (χ4n) is 5.26. The lowest BCUT2D eigenvalue weighted by Crippen LogP contribution is -2.59. The molecule has 1 aliphatic rings. The number of aromatic nitrogens is 1. The summed E-state index contributed by atoms with van der Waals surface area (Å²) in [5.41, 5.74) is 6.96. The zero-order valence-corrected chi connectivity index (χ0v) is 22.5. The number of carbonyl (C=O) groups excluding carboxylic acids is 3. The number of H-pyrrole nitrogens is 1. The van der Waals surface area contributed by atoms with E-state index in [0.717, 1.165) is 22.0 Å². The van der Waals surface area contributed by atoms with Gasteiger partial charge in [0.25, 0.3) is 0 Å². The van der Waals surface area contributed by atoms with Gasteiger partial charge in [-0.05, 0) is 57.2 Å². The molecule has 2 amide bonds. The van der Waals surface area contributed by atoms with Crippen LogP contribution in [0, 0.1) is 5.41 Å². The van der Waals surface area contributed by atoms with Crippen LogP contribution >= 0.6 is 0 Å². The topological polar surface area (TPSA) is 118 Å². The predicted octanol–water partition coefficient (Wildman–Crippen LogP) is 3.35. The normalized spacial score (nSPS) is 18.7. The number of likely N-dealkylation sites (tertiary alicyclic amines) is 1. The molecule has 4 N–H and O–H groups in total. The van der Waals surface area contributed by atoms with E-state index < -0.39 is 22.9 Å². The molecule has 8 nitrogen and oxygen atoms in total. The first-order valence-electron chi connectivity index (χ1n) is 13.3. The van der Waals surface area contributed by atoms with Crippen molar-refractivity contribution < 1.29 is 19.1 Å². The molecule has 1 saturated heterocycles. The first kappa shape index (κ1) is 27.4. The van der Waals surface area contributed by atoms with E-state index in [1.807, 2.05) is 60.8 Å². The quantitative estimate of drug-likeness (QED) is 0.376. The SMILES string of the molecule is CCOC(=O)[C@@]1(Cc2ccccc2)CCCN(C(=O)[C@@H](Cc2c[nH]c3ccccc23)NC(=O)C(C)(C)N)C1. The molecular weight excluding hydrogens is 480 g/mol. The van der Waals surface area contributed by atoms with Crippen LogP contribution in [-0.2, 0) is 32.0 Å². The van der Waals surface area contributed by atoms with Crippen LogP contribution in [0.25, 0.3) is 10.9 Å². The molecule has 38 heavy (non-hydrogen) atoms. The van der Waals surface area contributed by atoms with Crippen molar-refractivity contribution in [2.75, 3.05) is 19.7 Å². The van der Waals surface area contributed by atoms with E-state index in [0.29, 0.717) is 32.2 Å². The number of para-hydroxylation sites is 1. The number of piperidine rings is 1. The Balaban J connectivity index is 1.63. The molecule has 0 spiro atoms. The number of hydrogen-bond donors (Lipinski definition) is 3. The van der Waals surface area contributed by atoms with Gasteiger partial charge in [-0.25, -0.2) is 0 Å². The highest BCUT2D eigenvalue weighted by Crippen LogP contribution is 2.36. The van der Waals surface area contributed by atoms with E-state index >= 15 is 0 Å². The summed E-state index contributed by atoms with van der Waals surface area (Å²) in [5, 5.41) is 3.90. The molecule has 1 aromatic heterocycles. The molecule has 202 valence electrons. The second-order valence-electron chi connectivity index (χ2n) is 10.8. The van der Waals surface area contributed by atoms with Crippen LogP contribution < -0.4 is 11.1 Å². The largest absolute Gasteiger partial charge is 0.466 e. The van der Waals surface area contributed by atoms with E-state index in [4.69, 9.17) is 10.5 Å². The molecule has 2 atom stereocenters. The van der Waals surface area contributed by atoms with Crippen LogP contribution in [0.1, 0.15) is 44.7 Å². The van der Waals surface area contributed by atoms with Gasteiger partial charge in [-0.15, -0.1) is 0 Å². The minimum Gasteiger partial charge on any atom is -0.466 e. The van der Waals surface area contributed by atoms with E-state index in [2.05, 4.69) is 10.3 Å². The van der Waals surface area contributed by atoms with E-state index in [-0.39, 0.29) is 25.0 Å². The Morgan fingerprint density at radius 3 is 2.55 bits per heavy atom. The minimum absolute atomic E-state index is 0.227. The van der Waals surface area contributed by atoms with Crippen LogP contribution in [0.5, 0.6) is 0 Å². The summed E-state index contributed by atoms with van der Waals surface area (Å²) >= 11 is 0. The lowest BCUT2D eigenvalue weighted by atomic mass is 9.75. The second kappa shape index (κ2) is 11.4. The van der Waals surface area contributed by atoms with Crippen molar-refractivity contribution in [2.24, 2.45) is 11.1 Å². The fraction of sp³-hybridized carbons (Fsp3) is 0.433. The third kappa shape index (κ3) is 6.07. The summed E-state index contributed by atoms with van der Waals surface area (Å²) in [7, 11) is 0. The van der Waals surface area contributed by atoms with E-state index in [1.165, 1.54) is 0 Å². The first-order chi connectivity index (χ1) is 18.1. The summed E-state index contributed by atoms with van der Waals surface area (Å²) in [6.45, 7) is 6.02. The van der Waals surface area contributed by atoms with Crippen LogP contribution in [-0.4, -0.2) is 58.9 Å². The van der Waals surface area contributed by atoms with Crippen molar-refractivity contribution in [2.45, 2.75) is 58.0 Å². The van der Waals surface area contributed by atoms with Gasteiger partial charge in [-0.3, -0.25) is 14.4 Å². The molecule has 4 rings (SSSR count). The average Bonchev–Trinajstić information content (AvgIpc) is 3.31. The van der Waals surface area contributed by atoms with Gasteiger partial charge >= 0.3 is 5.97 Å². The Morgan fingerprint density at radius 2 is 1.84 bits per heavy atom. The van der Waals surface area contributed by atoms with Crippen LogP contribution in [0.3, 0.4) is 0 Å². The van der Waals surface area contributed by atoms with E-state index in [1.54, 1.807) is 25.7 Å². The Labute approximate surface area is 223 Å². The lowest BCUT2D eigenvalue weighted by Gasteiger charge is -2.42. The smallest absolute Gasteiger partial charge is 0.314 e. The van der Waals surface area contributed by atoms with E-state index in [9.17, 15) is 14.4 Å². The highest BCUT2D eigenvalue weighted by Gasteiger charge is 2.46. The lowest BCUT2D eigenvalue weighted by molar-refractivity contribution is -0.161. The molecule has 0 unspecified atom stereocenters. The standard InChI is InChI=1S/C30H38N4O4/c1-4-38-28(37)30(18-21-11-6-5-7-12-21)15-10-16-34(20-30)26(35)25(33-27(36)29(2,3)31)17-22-19-32-24-14-9-8-13-23(22)24/h5-9,11-14,19,25,32H,4,10,15-18,20,31H2,1-3H3,(H,33,36)/t25-,30-/m1/s1. The summed E-state index contributed by atoms with van der Waals surface area (Å²) in [6, 6.07) is 16.8. The number of nitrogens with one attached hydrogen (secondary N) is 2. The average molecular weight is 519 g/mol. The molecule has 2 aromatic carbocycles. The molecule has 2 heterocycles. The number of nitrogens with zero attached hydrogens (tertiary/aromatic N) is 1. The Hall–Kier alpha value is -3.65. The molecule has 0 saturated carbocycles. The third-order valence-corrected chi connectivity index (χ3v) is 7.27. The highest BCUT2D eigenvalue weighted by atomic mass is 16.5. The van der Waals surface area contributed by atoms with Gasteiger partial charge in [0.05, 0.1) is 17.6 Å². The summed E-state index contributed by atoms with van der Waals surface area (Å²) in [4.78, 5) is 45.3. The van der Waals surface area contributed by atoms with Crippen LogP contribution in [0.4, 0.5) is 0 Å². The number of ether oxygens (including phenoxy) is 1. The maximum absolute atomic E-state index is 14.1. The Bertz CT molecular complexity index is 1280. The van der Waals surface area contributed by atoms with Crippen molar-refractivity contribution in [3.8, 4) is 0 Å². The fourth-order valence-corrected chi connectivity index (χ4v) is 5.26. The van der Waals surface area contributed by atoms with Gasteiger partial charge in [-0.2, -0.15) is 0 Å². The van der Waals surface area contributed by atoms with Gasteiger partial charge in [0.15, 0.2) is 0 Å². The molecule has 8 heteroatoms. The number of carbonyl (C=O) groups is 3. The molecule has 1 fully saturated rings. The molecule has 0 radical (unpaired) electrons. The Kier molecular flexibility index (Phi) is 8.21. The number of benzene rings is 2. The van der Waals surface area contributed by atoms with Gasteiger partial charge < -0.3 is 25.7 Å². The zero-order valence-electron chi connectivity index (χ0n) is 22.5. The highest BCUT2D eigenvalue weighted by molar-refractivity contribution is 5.93. The van der Waals surface area contributed by atoms with Crippen molar-refractivity contribution in [1.29, 1.82) is 0 Å². The molecule has 0 bridgehead atoms.